The minimum absolute atomic E-state index is 0.0975. The summed E-state index contributed by atoms with van der Waals surface area (Å²) in [5, 5.41) is 5.13. The van der Waals surface area contributed by atoms with Gasteiger partial charge in [-0.1, -0.05) is 23.8 Å². The number of hydrogen-bond acceptors (Lipinski definition) is 5. The average molecular weight is 430 g/mol. The average Bonchev–Trinajstić information content (AvgIpc) is 3.11. The van der Waals surface area contributed by atoms with E-state index in [4.69, 9.17) is 0 Å². The summed E-state index contributed by atoms with van der Waals surface area (Å²) in [5.41, 5.74) is 5.71. The number of sulfonamides is 1. The predicted octanol–water partition coefficient (Wildman–Crippen LogP) is 4.20. The van der Waals surface area contributed by atoms with E-state index in [-0.39, 0.29) is 10.5 Å². The molecule has 3 rings (SSSR count). The Balaban J connectivity index is 1.89. The van der Waals surface area contributed by atoms with E-state index in [2.05, 4.69) is 21.1 Å². The summed E-state index contributed by atoms with van der Waals surface area (Å²) in [4.78, 5) is 17.4. The fourth-order valence-corrected chi connectivity index (χ4v) is 4.84. The summed E-state index contributed by atoms with van der Waals surface area (Å²) in [6.07, 6.45) is 0. The van der Waals surface area contributed by atoms with Gasteiger partial charge in [-0.3, -0.25) is 10.1 Å². The summed E-state index contributed by atoms with van der Waals surface area (Å²) in [7, 11) is -2.32. The van der Waals surface area contributed by atoms with Crippen LogP contribution >= 0.6 is 11.3 Å². The first-order valence-electron chi connectivity index (χ1n) is 9.01. The second-order valence-electron chi connectivity index (χ2n) is 6.93. The van der Waals surface area contributed by atoms with Gasteiger partial charge in [-0.25, -0.2) is 18.1 Å². The summed E-state index contributed by atoms with van der Waals surface area (Å²) in [6.45, 7) is 7.56. The van der Waals surface area contributed by atoms with E-state index < -0.39 is 15.9 Å². The lowest BCUT2D eigenvalue weighted by molar-refractivity contribution is 0.102. The maximum Gasteiger partial charge on any atom is 0.257 e. The van der Waals surface area contributed by atoms with Crippen molar-refractivity contribution >= 4 is 32.4 Å². The molecule has 0 saturated heterocycles. The van der Waals surface area contributed by atoms with E-state index in [0.29, 0.717) is 10.7 Å². The Bertz CT molecular complexity index is 1200. The van der Waals surface area contributed by atoms with Crippen LogP contribution in [-0.4, -0.2) is 26.4 Å². The van der Waals surface area contributed by atoms with Gasteiger partial charge in [-0.2, -0.15) is 0 Å². The van der Waals surface area contributed by atoms with Crippen LogP contribution in [0.1, 0.15) is 32.6 Å². The van der Waals surface area contributed by atoms with Crippen LogP contribution in [-0.2, 0) is 10.0 Å². The molecule has 6 nitrogen and oxygen atoms in total. The molecule has 0 aliphatic carbocycles. The zero-order chi connectivity index (χ0) is 21.3. The number of thiazole rings is 1. The summed E-state index contributed by atoms with van der Waals surface area (Å²) < 4.78 is 26.8. The minimum Gasteiger partial charge on any atom is -0.298 e. The number of rotatable bonds is 5. The number of nitrogens with zero attached hydrogens (tertiary/aromatic N) is 1. The van der Waals surface area contributed by atoms with Crippen molar-refractivity contribution in [3.63, 3.8) is 0 Å². The summed E-state index contributed by atoms with van der Waals surface area (Å²) in [6, 6.07) is 9.20. The first-order valence-corrected chi connectivity index (χ1v) is 11.4. The SMILES string of the molecule is CNS(=O)(=O)c1cc(C(=O)Nc2nc(-c3ccc(C)cc3C)cs2)cc(C)c1C. The van der Waals surface area contributed by atoms with Gasteiger partial charge in [0.1, 0.15) is 0 Å². The Morgan fingerprint density at radius 1 is 1.03 bits per heavy atom. The number of aromatic nitrogens is 1. The van der Waals surface area contributed by atoms with Gasteiger partial charge in [0, 0.05) is 16.5 Å². The molecular weight excluding hydrogens is 406 g/mol. The highest BCUT2D eigenvalue weighted by Crippen LogP contribution is 2.28. The third-order valence-corrected chi connectivity index (χ3v) is 7.12. The lowest BCUT2D eigenvalue weighted by atomic mass is 10.0. The van der Waals surface area contributed by atoms with Crippen molar-refractivity contribution in [3.8, 4) is 11.3 Å². The topological polar surface area (TPSA) is 88.2 Å². The molecule has 0 aliphatic rings. The quantitative estimate of drug-likeness (QED) is 0.636. The molecule has 2 N–H and O–H groups in total. The van der Waals surface area contributed by atoms with Gasteiger partial charge < -0.3 is 0 Å². The Morgan fingerprint density at radius 3 is 2.41 bits per heavy atom. The lowest BCUT2D eigenvalue weighted by Crippen LogP contribution is -2.21. The first-order chi connectivity index (χ1) is 13.6. The number of benzene rings is 2. The zero-order valence-corrected chi connectivity index (χ0v) is 18.6. The third kappa shape index (κ3) is 4.39. The van der Waals surface area contributed by atoms with Crippen molar-refractivity contribution in [2.24, 2.45) is 0 Å². The molecule has 1 amide bonds. The van der Waals surface area contributed by atoms with E-state index in [1.165, 1.54) is 30.0 Å². The largest absolute Gasteiger partial charge is 0.298 e. The number of amides is 1. The van der Waals surface area contributed by atoms with E-state index in [1.807, 2.05) is 31.4 Å². The Morgan fingerprint density at radius 2 is 1.76 bits per heavy atom. The maximum atomic E-state index is 12.7. The molecule has 0 aliphatic heterocycles. The van der Waals surface area contributed by atoms with E-state index in [1.54, 1.807) is 19.9 Å². The molecule has 0 bridgehead atoms. The van der Waals surface area contributed by atoms with E-state index in [9.17, 15) is 13.2 Å². The Labute approximate surface area is 175 Å². The van der Waals surface area contributed by atoms with Crippen LogP contribution in [0.3, 0.4) is 0 Å². The third-order valence-electron chi connectivity index (χ3n) is 4.82. The number of nitrogens with one attached hydrogen (secondary N) is 2. The zero-order valence-electron chi connectivity index (χ0n) is 17.0. The van der Waals surface area contributed by atoms with Gasteiger partial charge in [0.25, 0.3) is 5.91 Å². The second kappa shape index (κ2) is 8.06. The molecule has 0 radical (unpaired) electrons. The highest BCUT2D eigenvalue weighted by molar-refractivity contribution is 7.89. The standard InChI is InChI=1S/C21H23N3O3S2/c1-12-6-7-17(14(3)8-12)18-11-28-21(23-18)24-20(25)16-9-13(2)15(4)19(10-16)29(26,27)22-5/h6-11,22H,1-5H3,(H,23,24,25). The molecule has 0 fully saturated rings. The van der Waals surface area contributed by atoms with Crippen LogP contribution in [0, 0.1) is 27.7 Å². The molecule has 0 unspecified atom stereocenters. The predicted molar refractivity (Wildman–Crippen MR) is 117 cm³/mol. The fraction of sp³-hybridized carbons (Fsp3) is 0.238. The van der Waals surface area contributed by atoms with Crippen LogP contribution in [0.15, 0.2) is 40.6 Å². The van der Waals surface area contributed by atoms with Crippen molar-refractivity contribution in [2.45, 2.75) is 32.6 Å². The van der Waals surface area contributed by atoms with Crippen molar-refractivity contribution in [2.75, 3.05) is 12.4 Å². The first kappa shape index (κ1) is 21.2. The van der Waals surface area contributed by atoms with Crippen molar-refractivity contribution in [1.29, 1.82) is 0 Å². The van der Waals surface area contributed by atoms with Gasteiger partial charge in [0.15, 0.2) is 5.13 Å². The molecule has 0 atom stereocenters. The molecule has 1 heterocycles. The van der Waals surface area contributed by atoms with Crippen molar-refractivity contribution in [3.05, 3.63) is 63.5 Å². The van der Waals surface area contributed by atoms with Crippen LogP contribution in [0.5, 0.6) is 0 Å². The number of carbonyl (C=O) groups excluding carboxylic acids is 1. The Kier molecular flexibility index (Phi) is 5.88. The number of hydrogen-bond donors (Lipinski definition) is 2. The van der Waals surface area contributed by atoms with Crippen LogP contribution in [0.4, 0.5) is 5.13 Å². The number of carbonyl (C=O) groups is 1. The van der Waals surface area contributed by atoms with Gasteiger partial charge >= 0.3 is 0 Å². The number of aryl methyl sites for hydroxylation is 3. The lowest BCUT2D eigenvalue weighted by Gasteiger charge is -2.12. The smallest absolute Gasteiger partial charge is 0.257 e. The summed E-state index contributed by atoms with van der Waals surface area (Å²) in [5.74, 6) is -0.401. The van der Waals surface area contributed by atoms with Crippen LogP contribution in [0.2, 0.25) is 0 Å². The highest BCUT2D eigenvalue weighted by Gasteiger charge is 2.20. The van der Waals surface area contributed by atoms with Crippen molar-refractivity contribution < 1.29 is 13.2 Å². The van der Waals surface area contributed by atoms with Gasteiger partial charge in [0.2, 0.25) is 10.0 Å². The molecule has 3 aromatic rings. The van der Waals surface area contributed by atoms with Crippen molar-refractivity contribution in [1.82, 2.24) is 9.71 Å². The van der Waals surface area contributed by atoms with E-state index in [0.717, 1.165) is 22.4 Å². The number of anilines is 1. The molecule has 0 saturated carbocycles. The molecule has 8 heteroatoms. The second-order valence-corrected chi connectivity index (χ2v) is 9.65. The minimum atomic E-state index is -3.66. The fourth-order valence-electron chi connectivity index (χ4n) is 3.07. The maximum absolute atomic E-state index is 12.7. The molecule has 1 aromatic heterocycles. The van der Waals surface area contributed by atoms with Gasteiger partial charge in [-0.15, -0.1) is 11.3 Å². The molecule has 0 spiro atoms. The molecule has 152 valence electrons. The van der Waals surface area contributed by atoms with Gasteiger partial charge in [-0.05, 0) is 63.6 Å². The Hall–Kier alpha value is -2.55. The van der Waals surface area contributed by atoms with Gasteiger partial charge in [0.05, 0.1) is 10.6 Å². The summed E-state index contributed by atoms with van der Waals surface area (Å²) >= 11 is 1.33. The van der Waals surface area contributed by atoms with Crippen LogP contribution < -0.4 is 10.0 Å². The normalized spacial score (nSPS) is 11.5. The van der Waals surface area contributed by atoms with E-state index >= 15 is 0 Å². The molecular formula is C21H23N3O3S2. The molecule has 2 aromatic carbocycles. The monoisotopic (exact) mass is 429 g/mol. The molecule has 29 heavy (non-hydrogen) atoms. The highest BCUT2D eigenvalue weighted by atomic mass is 32.2. The van der Waals surface area contributed by atoms with Crippen LogP contribution in [0.25, 0.3) is 11.3 Å².